The van der Waals surface area contributed by atoms with Crippen LogP contribution in [-0.4, -0.2) is 29.1 Å². The zero-order valence-electron chi connectivity index (χ0n) is 14.5. The zero-order valence-corrected chi connectivity index (χ0v) is 14.5. The molecule has 0 radical (unpaired) electrons. The second-order valence-corrected chi connectivity index (χ2v) is 7.48. The van der Waals surface area contributed by atoms with Gasteiger partial charge in [0.25, 0.3) is 0 Å². The van der Waals surface area contributed by atoms with E-state index >= 15 is 0 Å². The zero-order chi connectivity index (χ0) is 17.4. The summed E-state index contributed by atoms with van der Waals surface area (Å²) in [5.74, 6) is 0.734. The van der Waals surface area contributed by atoms with E-state index in [0.29, 0.717) is 11.8 Å². The number of fused-ring (bicyclic) bond motifs is 1. The number of para-hydroxylation sites is 1. The van der Waals surface area contributed by atoms with Crippen molar-refractivity contribution in [2.75, 3.05) is 18.4 Å². The number of amides is 2. The lowest BCUT2D eigenvalue weighted by molar-refractivity contribution is 0.0322. The smallest absolute Gasteiger partial charge is 0.321 e. The summed E-state index contributed by atoms with van der Waals surface area (Å²) in [7, 11) is 0. The SMILES string of the molecule is Cc1ccccc1C1(O)CC2CN(C(=O)Nc3ccccc3)CC2C1. The van der Waals surface area contributed by atoms with Gasteiger partial charge in [-0.3, -0.25) is 0 Å². The van der Waals surface area contributed by atoms with Gasteiger partial charge in [0, 0.05) is 18.8 Å². The second kappa shape index (κ2) is 6.19. The molecule has 0 bridgehead atoms. The number of hydrogen-bond donors (Lipinski definition) is 2. The molecular weight excluding hydrogens is 312 g/mol. The number of rotatable bonds is 2. The van der Waals surface area contributed by atoms with Gasteiger partial charge in [0.05, 0.1) is 5.60 Å². The van der Waals surface area contributed by atoms with Crippen molar-refractivity contribution in [3.05, 3.63) is 65.7 Å². The van der Waals surface area contributed by atoms with Gasteiger partial charge in [0.2, 0.25) is 0 Å². The lowest BCUT2D eigenvalue weighted by atomic mass is 9.87. The highest BCUT2D eigenvalue weighted by Crippen LogP contribution is 2.49. The molecule has 2 fully saturated rings. The molecule has 2 N–H and O–H groups in total. The quantitative estimate of drug-likeness (QED) is 0.877. The first-order valence-corrected chi connectivity index (χ1v) is 8.95. The molecule has 2 aliphatic rings. The summed E-state index contributed by atoms with van der Waals surface area (Å²) in [6.45, 7) is 3.50. The highest BCUT2D eigenvalue weighted by Gasteiger charge is 2.50. The highest BCUT2D eigenvalue weighted by atomic mass is 16.3. The standard InChI is InChI=1S/C21H24N2O2/c1-15-7-5-6-10-19(15)21(25)11-16-13-23(14-17(16)12-21)20(24)22-18-8-3-2-4-9-18/h2-10,16-17,25H,11-14H2,1H3,(H,22,24). The Morgan fingerprint density at radius 2 is 1.64 bits per heavy atom. The summed E-state index contributed by atoms with van der Waals surface area (Å²) in [6, 6.07) is 17.6. The summed E-state index contributed by atoms with van der Waals surface area (Å²) in [4.78, 5) is 14.4. The van der Waals surface area contributed by atoms with Crippen molar-refractivity contribution in [3.8, 4) is 0 Å². The Morgan fingerprint density at radius 3 is 2.28 bits per heavy atom. The number of anilines is 1. The first kappa shape index (κ1) is 16.2. The van der Waals surface area contributed by atoms with E-state index in [0.717, 1.165) is 42.7 Å². The van der Waals surface area contributed by atoms with E-state index in [1.165, 1.54) is 0 Å². The number of nitrogens with one attached hydrogen (secondary N) is 1. The van der Waals surface area contributed by atoms with Crippen molar-refractivity contribution >= 4 is 11.7 Å². The summed E-state index contributed by atoms with van der Waals surface area (Å²) in [6.07, 6.45) is 1.47. The number of carbonyl (C=O) groups excluding carboxylic acids is 1. The molecule has 2 aromatic carbocycles. The molecule has 2 atom stereocenters. The molecule has 1 aliphatic carbocycles. The fourth-order valence-electron chi connectivity index (χ4n) is 4.56. The molecule has 130 valence electrons. The van der Waals surface area contributed by atoms with Crippen LogP contribution in [0.25, 0.3) is 0 Å². The molecule has 2 amide bonds. The average Bonchev–Trinajstić information content (AvgIpc) is 3.12. The molecule has 1 heterocycles. The number of nitrogens with zero attached hydrogens (tertiary/aromatic N) is 1. The van der Waals surface area contributed by atoms with Crippen LogP contribution in [0.5, 0.6) is 0 Å². The van der Waals surface area contributed by atoms with E-state index in [-0.39, 0.29) is 6.03 Å². The Bertz CT molecular complexity index is 760. The van der Waals surface area contributed by atoms with Crippen LogP contribution >= 0.6 is 0 Å². The number of benzene rings is 2. The van der Waals surface area contributed by atoms with Crippen molar-refractivity contribution in [1.82, 2.24) is 4.90 Å². The molecule has 4 nitrogen and oxygen atoms in total. The van der Waals surface area contributed by atoms with Gasteiger partial charge >= 0.3 is 6.03 Å². The molecule has 1 saturated carbocycles. The maximum absolute atomic E-state index is 12.5. The van der Waals surface area contributed by atoms with E-state index in [2.05, 4.69) is 18.3 Å². The molecule has 2 unspecified atom stereocenters. The summed E-state index contributed by atoms with van der Waals surface area (Å²) in [5, 5.41) is 14.1. The van der Waals surface area contributed by atoms with Crippen LogP contribution in [0, 0.1) is 18.8 Å². The van der Waals surface area contributed by atoms with Crippen LogP contribution in [0.3, 0.4) is 0 Å². The van der Waals surface area contributed by atoms with Crippen LogP contribution in [0.4, 0.5) is 10.5 Å². The lowest BCUT2D eigenvalue weighted by Crippen LogP contribution is -2.35. The number of likely N-dealkylation sites (tertiary alicyclic amines) is 1. The second-order valence-electron chi connectivity index (χ2n) is 7.48. The lowest BCUT2D eigenvalue weighted by Gasteiger charge is -2.28. The fraction of sp³-hybridized carbons (Fsp3) is 0.381. The van der Waals surface area contributed by atoms with Gasteiger partial charge in [-0.25, -0.2) is 4.79 Å². The van der Waals surface area contributed by atoms with Crippen LogP contribution < -0.4 is 5.32 Å². The van der Waals surface area contributed by atoms with Crippen molar-refractivity contribution < 1.29 is 9.90 Å². The average molecular weight is 336 g/mol. The van der Waals surface area contributed by atoms with Gasteiger partial charge < -0.3 is 15.3 Å². The van der Waals surface area contributed by atoms with Crippen LogP contribution in [0.15, 0.2) is 54.6 Å². The third-order valence-electron chi connectivity index (χ3n) is 5.73. The molecule has 1 saturated heterocycles. The van der Waals surface area contributed by atoms with Crippen molar-refractivity contribution in [2.24, 2.45) is 11.8 Å². The van der Waals surface area contributed by atoms with Crippen molar-refractivity contribution in [1.29, 1.82) is 0 Å². The van der Waals surface area contributed by atoms with Gasteiger partial charge in [0.1, 0.15) is 0 Å². The highest BCUT2D eigenvalue weighted by molar-refractivity contribution is 5.89. The van der Waals surface area contributed by atoms with Gasteiger partial charge in [-0.05, 0) is 54.9 Å². The first-order chi connectivity index (χ1) is 12.0. The number of carbonyl (C=O) groups is 1. The van der Waals surface area contributed by atoms with Gasteiger partial charge in [-0.2, -0.15) is 0 Å². The molecular formula is C21H24N2O2. The van der Waals surface area contributed by atoms with E-state index in [9.17, 15) is 9.90 Å². The Labute approximate surface area is 148 Å². The van der Waals surface area contributed by atoms with Crippen LogP contribution in [0.2, 0.25) is 0 Å². The monoisotopic (exact) mass is 336 g/mol. The number of aliphatic hydroxyl groups is 1. The third-order valence-corrected chi connectivity index (χ3v) is 5.73. The molecule has 2 aromatic rings. The van der Waals surface area contributed by atoms with Crippen LogP contribution in [-0.2, 0) is 5.60 Å². The Balaban J connectivity index is 1.42. The first-order valence-electron chi connectivity index (χ1n) is 8.95. The van der Waals surface area contributed by atoms with E-state index in [1.54, 1.807) is 0 Å². The predicted molar refractivity (Wildman–Crippen MR) is 98.3 cm³/mol. The predicted octanol–water partition coefficient (Wildman–Crippen LogP) is 3.76. The molecule has 0 aromatic heterocycles. The molecule has 4 heteroatoms. The van der Waals surface area contributed by atoms with Crippen molar-refractivity contribution in [2.45, 2.75) is 25.4 Å². The minimum atomic E-state index is -0.747. The van der Waals surface area contributed by atoms with E-state index in [4.69, 9.17) is 0 Å². The maximum Gasteiger partial charge on any atom is 0.321 e. The molecule has 1 aliphatic heterocycles. The Morgan fingerprint density at radius 1 is 1.04 bits per heavy atom. The van der Waals surface area contributed by atoms with E-state index < -0.39 is 5.60 Å². The summed E-state index contributed by atoms with van der Waals surface area (Å²) >= 11 is 0. The third kappa shape index (κ3) is 3.02. The van der Waals surface area contributed by atoms with Gasteiger partial charge in [0.15, 0.2) is 0 Å². The summed E-state index contributed by atoms with van der Waals surface area (Å²) < 4.78 is 0. The van der Waals surface area contributed by atoms with E-state index in [1.807, 2.05) is 53.4 Å². The minimum Gasteiger partial charge on any atom is -0.385 e. The summed E-state index contributed by atoms with van der Waals surface area (Å²) in [5.41, 5.74) is 2.26. The molecule has 4 rings (SSSR count). The molecule has 25 heavy (non-hydrogen) atoms. The number of urea groups is 1. The minimum absolute atomic E-state index is 0.0416. The van der Waals surface area contributed by atoms with Gasteiger partial charge in [-0.15, -0.1) is 0 Å². The van der Waals surface area contributed by atoms with Crippen molar-refractivity contribution in [3.63, 3.8) is 0 Å². The largest absolute Gasteiger partial charge is 0.385 e. The normalized spacial score (nSPS) is 28.0. The van der Waals surface area contributed by atoms with Gasteiger partial charge in [-0.1, -0.05) is 42.5 Å². The Hall–Kier alpha value is -2.33. The van der Waals surface area contributed by atoms with Crippen LogP contribution in [0.1, 0.15) is 24.0 Å². The Kier molecular flexibility index (Phi) is 4.00. The fourth-order valence-corrected chi connectivity index (χ4v) is 4.56. The topological polar surface area (TPSA) is 52.6 Å². The number of aryl methyl sites for hydroxylation is 1. The number of hydrogen-bond acceptors (Lipinski definition) is 2. The maximum atomic E-state index is 12.5. The molecule has 0 spiro atoms.